The average Bonchev–Trinajstić information content (AvgIpc) is 3.00. The second-order valence-electron chi connectivity index (χ2n) is 6.84. The van der Waals surface area contributed by atoms with Crippen molar-refractivity contribution in [2.45, 2.75) is 13.8 Å². The number of fused-ring (bicyclic) bond motifs is 2. The Morgan fingerprint density at radius 3 is 2.61 bits per heavy atom. The van der Waals surface area contributed by atoms with Crippen LogP contribution in [0.4, 0.5) is 5.69 Å². The standard InChI is InChI=1S/C21H20N4O3/c1-12-5-7-17(28-4)15(9-12)22-20(26)16-10-14-19(24(16)3)23-18-8-6-13(2)11-25(18)21(14)27/h5-11H,1-4H3,(H,22,26). The van der Waals surface area contributed by atoms with Gasteiger partial charge in [0.05, 0.1) is 18.2 Å². The van der Waals surface area contributed by atoms with Gasteiger partial charge in [0.1, 0.15) is 22.7 Å². The minimum atomic E-state index is -0.339. The Bertz CT molecular complexity index is 1300. The minimum absolute atomic E-state index is 0.202. The Hall–Kier alpha value is -3.61. The molecule has 3 heterocycles. The molecule has 0 aliphatic rings. The molecule has 0 saturated heterocycles. The maximum absolute atomic E-state index is 12.9. The van der Waals surface area contributed by atoms with E-state index in [4.69, 9.17) is 4.74 Å². The van der Waals surface area contributed by atoms with Crippen molar-refractivity contribution >= 4 is 28.3 Å². The van der Waals surface area contributed by atoms with E-state index < -0.39 is 0 Å². The zero-order valence-electron chi connectivity index (χ0n) is 16.1. The first-order chi connectivity index (χ1) is 13.4. The Morgan fingerprint density at radius 1 is 1.11 bits per heavy atom. The molecule has 0 aliphatic carbocycles. The zero-order valence-corrected chi connectivity index (χ0v) is 16.1. The quantitative estimate of drug-likeness (QED) is 0.596. The largest absolute Gasteiger partial charge is 0.495 e. The molecule has 142 valence electrons. The lowest BCUT2D eigenvalue weighted by Gasteiger charge is -2.11. The van der Waals surface area contributed by atoms with E-state index in [-0.39, 0.29) is 11.5 Å². The molecule has 0 unspecified atom stereocenters. The molecule has 4 rings (SSSR count). The Kier molecular flexibility index (Phi) is 4.15. The van der Waals surface area contributed by atoms with Crippen LogP contribution in [0.3, 0.4) is 0 Å². The van der Waals surface area contributed by atoms with Gasteiger partial charge in [0.2, 0.25) is 0 Å². The molecule has 7 nitrogen and oxygen atoms in total. The lowest BCUT2D eigenvalue weighted by atomic mass is 10.2. The number of nitrogens with zero attached hydrogens (tertiary/aromatic N) is 3. The molecule has 1 amide bonds. The van der Waals surface area contributed by atoms with E-state index in [0.717, 1.165) is 11.1 Å². The van der Waals surface area contributed by atoms with Crippen molar-refractivity contribution < 1.29 is 9.53 Å². The van der Waals surface area contributed by atoms with Crippen molar-refractivity contribution in [3.05, 3.63) is 69.8 Å². The summed E-state index contributed by atoms with van der Waals surface area (Å²) in [6.07, 6.45) is 1.74. The van der Waals surface area contributed by atoms with Gasteiger partial charge in [-0.15, -0.1) is 0 Å². The number of pyridine rings is 1. The van der Waals surface area contributed by atoms with E-state index in [9.17, 15) is 9.59 Å². The Morgan fingerprint density at radius 2 is 1.86 bits per heavy atom. The third-order valence-corrected chi connectivity index (χ3v) is 4.78. The monoisotopic (exact) mass is 376 g/mol. The van der Waals surface area contributed by atoms with Crippen molar-refractivity contribution in [1.29, 1.82) is 0 Å². The van der Waals surface area contributed by atoms with E-state index in [1.54, 1.807) is 43.1 Å². The molecule has 0 fully saturated rings. The number of ether oxygens (including phenoxy) is 1. The van der Waals surface area contributed by atoms with Gasteiger partial charge in [-0.1, -0.05) is 12.1 Å². The van der Waals surface area contributed by atoms with Crippen LogP contribution in [0.25, 0.3) is 16.7 Å². The second kappa shape index (κ2) is 6.53. The summed E-state index contributed by atoms with van der Waals surface area (Å²) in [5, 5.41) is 3.26. The number of benzene rings is 1. The number of rotatable bonds is 3. The van der Waals surface area contributed by atoms with Crippen LogP contribution in [-0.2, 0) is 7.05 Å². The molecule has 4 aromatic rings. The number of anilines is 1. The molecule has 28 heavy (non-hydrogen) atoms. The molecule has 0 aliphatic heterocycles. The molecule has 0 bridgehead atoms. The summed E-state index contributed by atoms with van der Waals surface area (Å²) in [6, 6.07) is 10.8. The third kappa shape index (κ3) is 2.81. The molecular weight excluding hydrogens is 356 g/mol. The van der Waals surface area contributed by atoms with Crippen molar-refractivity contribution in [2.24, 2.45) is 7.05 Å². The Balaban J connectivity index is 1.83. The number of carbonyl (C=O) groups excluding carboxylic acids is 1. The van der Waals surface area contributed by atoms with Crippen molar-refractivity contribution in [3.8, 4) is 5.75 Å². The van der Waals surface area contributed by atoms with E-state index in [1.165, 1.54) is 4.40 Å². The maximum atomic E-state index is 12.9. The van der Waals surface area contributed by atoms with Gasteiger partial charge in [-0.25, -0.2) is 4.98 Å². The van der Waals surface area contributed by atoms with Crippen molar-refractivity contribution in [3.63, 3.8) is 0 Å². The molecule has 1 N–H and O–H groups in total. The molecule has 0 radical (unpaired) electrons. The predicted molar refractivity (Wildman–Crippen MR) is 108 cm³/mol. The molecule has 1 aromatic carbocycles. The van der Waals surface area contributed by atoms with E-state index in [2.05, 4.69) is 10.3 Å². The van der Waals surface area contributed by atoms with Crippen LogP contribution in [-0.4, -0.2) is 27.0 Å². The summed E-state index contributed by atoms with van der Waals surface area (Å²) < 4.78 is 8.46. The van der Waals surface area contributed by atoms with Crippen LogP contribution < -0.4 is 15.6 Å². The van der Waals surface area contributed by atoms with Crippen LogP contribution in [0.15, 0.2) is 47.4 Å². The summed E-state index contributed by atoms with van der Waals surface area (Å²) in [5.41, 5.74) is 3.67. The van der Waals surface area contributed by atoms with Gasteiger partial charge in [-0.2, -0.15) is 0 Å². The maximum Gasteiger partial charge on any atom is 0.272 e. The number of aryl methyl sites for hydroxylation is 3. The second-order valence-corrected chi connectivity index (χ2v) is 6.84. The van der Waals surface area contributed by atoms with Crippen LogP contribution in [0, 0.1) is 13.8 Å². The predicted octanol–water partition coefficient (Wildman–Crippen LogP) is 3.06. The number of amides is 1. The third-order valence-electron chi connectivity index (χ3n) is 4.78. The lowest BCUT2D eigenvalue weighted by Crippen LogP contribution is -2.16. The molecule has 3 aromatic heterocycles. The number of nitrogens with one attached hydrogen (secondary N) is 1. The summed E-state index contributed by atoms with van der Waals surface area (Å²) >= 11 is 0. The van der Waals surface area contributed by atoms with Gasteiger partial charge >= 0.3 is 0 Å². The van der Waals surface area contributed by atoms with Crippen LogP contribution in [0.1, 0.15) is 21.6 Å². The smallest absolute Gasteiger partial charge is 0.272 e. The average molecular weight is 376 g/mol. The number of aromatic nitrogens is 3. The minimum Gasteiger partial charge on any atom is -0.495 e. The van der Waals surface area contributed by atoms with E-state index in [1.807, 2.05) is 32.0 Å². The molecule has 7 heteroatoms. The number of hydrogen-bond acceptors (Lipinski definition) is 4. The number of methoxy groups -OCH3 is 1. The first-order valence-corrected chi connectivity index (χ1v) is 8.83. The first-order valence-electron chi connectivity index (χ1n) is 8.83. The van der Waals surface area contributed by atoms with Gasteiger partial charge in [-0.05, 0) is 49.2 Å². The van der Waals surface area contributed by atoms with Crippen molar-refractivity contribution in [1.82, 2.24) is 14.0 Å². The van der Waals surface area contributed by atoms with E-state index in [0.29, 0.717) is 33.8 Å². The fourth-order valence-electron chi connectivity index (χ4n) is 3.30. The highest BCUT2D eigenvalue weighted by Gasteiger charge is 2.19. The molecular formula is C21H20N4O3. The summed E-state index contributed by atoms with van der Waals surface area (Å²) in [4.78, 5) is 30.4. The van der Waals surface area contributed by atoms with Crippen LogP contribution >= 0.6 is 0 Å². The number of carbonyl (C=O) groups is 1. The van der Waals surface area contributed by atoms with Crippen LogP contribution in [0.5, 0.6) is 5.75 Å². The fraction of sp³-hybridized carbons (Fsp3) is 0.190. The first kappa shape index (κ1) is 17.8. The fourth-order valence-corrected chi connectivity index (χ4v) is 3.30. The van der Waals surface area contributed by atoms with Crippen molar-refractivity contribution in [2.75, 3.05) is 12.4 Å². The normalized spacial score (nSPS) is 11.1. The highest BCUT2D eigenvalue weighted by Crippen LogP contribution is 2.26. The summed E-state index contributed by atoms with van der Waals surface area (Å²) in [6.45, 7) is 3.85. The van der Waals surface area contributed by atoms with Gasteiger partial charge in [0, 0.05) is 13.2 Å². The van der Waals surface area contributed by atoms with Gasteiger partial charge in [-0.3, -0.25) is 14.0 Å². The molecule has 0 spiro atoms. The summed E-state index contributed by atoms with van der Waals surface area (Å²) in [7, 11) is 3.28. The highest BCUT2D eigenvalue weighted by molar-refractivity contribution is 6.06. The van der Waals surface area contributed by atoms with Crippen LogP contribution in [0.2, 0.25) is 0 Å². The molecule has 0 atom stereocenters. The summed E-state index contributed by atoms with van der Waals surface area (Å²) in [5.74, 6) is 0.228. The SMILES string of the molecule is COc1ccc(C)cc1NC(=O)c1cc2c(=O)n3cc(C)ccc3nc2n1C. The lowest BCUT2D eigenvalue weighted by molar-refractivity contribution is 0.101. The topological polar surface area (TPSA) is 77.6 Å². The number of hydrogen-bond donors (Lipinski definition) is 1. The highest BCUT2D eigenvalue weighted by atomic mass is 16.5. The van der Waals surface area contributed by atoms with Gasteiger partial charge in [0.25, 0.3) is 11.5 Å². The van der Waals surface area contributed by atoms with Gasteiger partial charge in [0.15, 0.2) is 0 Å². The van der Waals surface area contributed by atoms with Gasteiger partial charge < -0.3 is 14.6 Å². The molecule has 0 saturated carbocycles. The van der Waals surface area contributed by atoms with E-state index >= 15 is 0 Å². The zero-order chi connectivity index (χ0) is 20.0. The Labute approximate surface area is 161 Å².